The van der Waals surface area contributed by atoms with E-state index in [2.05, 4.69) is 31.3 Å². The van der Waals surface area contributed by atoms with Gasteiger partial charge in [0.05, 0.1) is 25.4 Å². The molecular formula is C74H143NO5. The largest absolute Gasteiger partial charge is 0.466 e. The summed E-state index contributed by atoms with van der Waals surface area (Å²) in [6.07, 6.45) is 88.5. The number of unbranched alkanes of at least 4 members (excludes halogenated alkanes) is 56. The second kappa shape index (κ2) is 69.8. The number of nitrogens with one attached hydrogen (secondary N) is 1. The van der Waals surface area contributed by atoms with Crippen molar-refractivity contribution < 1.29 is 24.5 Å². The minimum Gasteiger partial charge on any atom is -0.466 e. The maximum atomic E-state index is 12.5. The Morgan fingerprint density at radius 2 is 0.588 bits per heavy atom. The van der Waals surface area contributed by atoms with E-state index in [0.29, 0.717) is 19.4 Å². The van der Waals surface area contributed by atoms with Crippen LogP contribution in [0.3, 0.4) is 0 Å². The highest BCUT2D eigenvalue weighted by Gasteiger charge is 2.18. The number of allylic oxidation sites excluding steroid dienone is 3. The van der Waals surface area contributed by atoms with Gasteiger partial charge in [0.1, 0.15) is 0 Å². The lowest BCUT2D eigenvalue weighted by molar-refractivity contribution is -0.143. The summed E-state index contributed by atoms with van der Waals surface area (Å²) in [5.41, 5.74) is 0. The van der Waals surface area contributed by atoms with Crippen molar-refractivity contribution >= 4 is 11.9 Å². The first-order chi connectivity index (χ1) is 39.5. The van der Waals surface area contributed by atoms with E-state index in [4.69, 9.17) is 4.74 Å². The molecule has 0 saturated heterocycles. The normalized spacial score (nSPS) is 12.6. The third kappa shape index (κ3) is 65.5. The molecule has 1 amide bonds. The zero-order chi connectivity index (χ0) is 57.8. The molecule has 0 aromatic carbocycles. The molecule has 80 heavy (non-hydrogen) atoms. The number of amides is 1. The summed E-state index contributed by atoms with van der Waals surface area (Å²) in [4.78, 5) is 24.6. The van der Waals surface area contributed by atoms with Gasteiger partial charge in [-0.3, -0.25) is 9.59 Å². The second-order valence-corrected chi connectivity index (χ2v) is 25.3. The molecule has 0 heterocycles. The van der Waals surface area contributed by atoms with Crippen LogP contribution in [0.2, 0.25) is 0 Å². The molecule has 0 aromatic rings. The van der Waals surface area contributed by atoms with Crippen LogP contribution in [-0.4, -0.2) is 47.4 Å². The number of aliphatic hydroxyl groups is 2. The van der Waals surface area contributed by atoms with Crippen molar-refractivity contribution in [1.82, 2.24) is 5.32 Å². The summed E-state index contributed by atoms with van der Waals surface area (Å²) < 4.78 is 5.50. The molecule has 3 N–H and O–H groups in total. The second-order valence-electron chi connectivity index (χ2n) is 25.3. The Bertz CT molecular complexity index is 1250. The van der Waals surface area contributed by atoms with Gasteiger partial charge >= 0.3 is 5.97 Å². The van der Waals surface area contributed by atoms with Crippen LogP contribution in [0.15, 0.2) is 24.3 Å². The summed E-state index contributed by atoms with van der Waals surface area (Å²) in [5, 5.41) is 23.2. The van der Waals surface area contributed by atoms with E-state index in [1.54, 1.807) is 6.08 Å². The fourth-order valence-electron chi connectivity index (χ4n) is 11.6. The molecule has 0 rings (SSSR count). The van der Waals surface area contributed by atoms with E-state index in [9.17, 15) is 19.8 Å². The fourth-order valence-corrected chi connectivity index (χ4v) is 11.6. The number of esters is 1. The van der Waals surface area contributed by atoms with Crippen LogP contribution in [0.25, 0.3) is 0 Å². The van der Waals surface area contributed by atoms with Crippen molar-refractivity contribution in [3.63, 3.8) is 0 Å². The van der Waals surface area contributed by atoms with Gasteiger partial charge in [0.2, 0.25) is 5.91 Å². The average Bonchev–Trinajstić information content (AvgIpc) is 3.46. The molecule has 0 aliphatic carbocycles. The van der Waals surface area contributed by atoms with Gasteiger partial charge in [-0.1, -0.05) is 366 Å². The number of hydrogen-bond donors (Lipinski definition) is 3. The lowest BCUT2D eigenvalue weighted by atomic mass is 10.0. The molecule has 0 bridgehead atoms. The molecular weight excluding hydrogens is 983 g/mol. The number of carbonyl (C=O) groups is 2. The first-order valence-electron chi connectivity index (χ1n) is 36.6. The maximum absolute atomic E-state index is 12.5. The fraction of sp³-hybridized carbons (Fsp3) is 0.919. The van der Waals surface area contributed by atoms with Crippen LogP contribution in [0, 0.1) is 0 Å². The average molecular weight is 1130 g/mol. The van der Waals surface area contributed by atoms with Gasteiger partial charge in [0, 0.05) is 12.8 Å². The van der Waals surface area contributed by atoms with Gasteiger partial charge in [-0.15, -0.1) is 0 Å². The van der Waals surface area contributed by atoms with Gasteiger partial charge < -0.3 is 20.3 Å². The Kier molecular flexibility index (Phi) is 68.4. The van der Waals surface area contributed by atoms with Gasteiger partial charge in [0.25, 0.3) is 0 Å². The van der Waals surface area contributed by atoms with E-state index in [1.165, 1.54) is 347 Å². The molecule has 474 valence electrons. The smallest absolute Gasteiger partial charge is 0.305 e. The molecule has 2 atom stereocenters. The number of carbonyl (C=O) groups excluding carboxylic acids is 2. The maximum Gasteiger partial charge on any atom is 0.305 e. The quantitative estimate of drug-likeness (QED) is 0.0320. The number of ether oxygens (including phenoxy) is 1. The minimum absolute atomic E-state index is 0.0220. The number of rotatable bonds is 69. The van der Waals surface area contributed by atoms with E-state index in [1.807, 2.05) is 6.08 Å². The predicted octanol–water partition coefficient (Wildman–Crippen LogP) is 23.7. The third-order valence-corrected chi connectivity index (χ3v) is 17.2. The molecule has 0 radical (unpaired) electrons. The van der Waals surface area contributed by atoms with Gasteiger partial charge in [-0.05, 0) is 57.8 Å². The monoisotopic (exact) mass is 1130 g/mol. The zero-order valence-corrected chi connectivity index (χ0v) is 54.3. The highest BCUT2D eigenvalue weighted by atomic mass is 16.5. The highest BCUT2D eigenvalue weighted by molar-refractivity contribution is 5.76. The van der Waals surface area contributed by atoms with Crippen molar-refractivity contribution in [2.45, 2.75) is 424 Å². The van der Waals surface area contributed by atoms with Gasteiger partial charge in [0.15, 0.2) is 0 Å². The highest BCUT2D eigenvalue weighted by Crippen LogP contribution is 2.19. The SMILES string of the molecule is CCCCCCCCCCCCCCC/C=C/C(O)C(CO)NC(=O)CCCCCCCCCCCCCCCCCCC/C=C\CCCCCCCCCCCCCCOC(=O)CCCCCCCCCCCCCCCCC. The van der Waals surface area contributed by atoms with Crippen molar-refractivity contribution in [2.24, 2.45) is 0 Å². The van der Waals surface area contributed by atoms with Crippen molar-refractivity contribution in [2.75, 3.05) is 13.2 Å². The van der Waals surface area contributed by atoms with E-state index in [-0.39, 0.29) is 18.5 Å². The Hall–Kier alpha value is -1.66. The van der Waals surface area contributed by atoms with Crippen LogP contribution in [0.4, 0.5) is 0 Å². The molecule has 6 nitrogen and oxygen atoms in total. The van der Waals surface area contributed by atoms with Crippen molar-refractivity contribution in [3.8, 4) is 0 Å². The van der Waals surface area contributed by atoms with Crippen LogP contribution < -0.4 is 5.32 Å². The third-order valence-electron chi connectivity index (χ3n) is 17.2. The van der Waals surface area contributed by atoms with Crippen molar-refractivity contribution in [1.29, 1.82) is 0 Å². The molecule has 0 spiro atoms. The summed E-state index contributed by atoms with van der Waals surface area (Å²) in [6, 6.07) is -0.625. The summed E-state index contributed by atoms with van der Waals surface area (Å²) in [5.74, 6) is -0.0401. The van der Waals surface area contributed by atoms with E-state index >= 15 is 0 Å². The standard InChI is InChI=1S/C74H143NO5/c1-3-5-7-9-11-13-15-17-38-42-46-50-54-58-62-66-72(77)71(70-76)75-73(78)67-63-59-55-51-47-43-40-36-34-32-30-28-26-24-22-20-19-21-23-25-27-29-31-33-35-37-41-45-49-53-57-61-65-69-80-74(79)68-64-60-56-52-48-44-39-18-16-14-12-10-8-6-4-2/h23,25,62,66,71-72,76-77H,3-22,24,26-61,63-65,67-70H2,1-2H3,(H,75,78)/b25-23-,66-62+. The predicted molar refractivity (Wildman–Crippen MR) is 352 cm³/mol. The Morgan fingerprint density at radius 3 is 0.887 bits per heavy atom. The van der Waals surface area contributed by atoms with Crippen LogP contribution >= 0.6 is 0 Å². The molecule has 0 fully saturated rings. The van der Waals surface area contributed by atoms with E-state index < -0.39 is 12.1 Å². The van der Waals surface area contributed by atoms with Crippen molar-refractivity contribution in [3.05, 3.63) is 24.3 Å². The molecule has 6 heteroatoms. The zero-order valence-electron chi connectivity index (χ0n) is 54.3. The summed E-state index contributed by atoms with van der Waals surface area (Å²) >= 11 is 0. The topological polar surface area (TPSA) is 95.9 Å². The first kappa shape index (κ1) is 78.3. The van der Waals surface area contributed by atoms with E-state index in [0.717, 1.165) is 38.5 Å². The minimum atomic E-state index is -0.842. The summed E-state index contributed by atoms with van der Waals surface area (Å²) in [7, 11) is 0. The molecule has 0 aromatic heterocycles. The Balaban J connectivity index is 3.35. The van der Waals surface area contributed by atoms with Crippen LogP contribution in [0.5, 0.6) is 0 Å². The lowest BCUT2D eigenvalue weighted by Gasteiger charge is -2.20. The molecule has 2 unspecified atom stereocenters. The molecule has 0 aliphatic heterocycles. The number of hydrogen-bond acceptors (Lipinski definition) is 5. The molecule has 0 saturated carbocycles. The van der Waals surface area contributed by atoms with Gasteiger partial charge in [-0.2, -0.15) is 0 Å². The molecule has 0 aliphatic rings. The first-order valence-corrected chi connectivity index (χ1v) is 36.6. The van der Waals surface area contributed by atoms with Gasteiger partial charge in [-0.25, -0.2) is 0 Å². The Labute approximate surface area is 501 Å². The number of aliphatic hydroxyl groups excluding tert-OH is 2. The lowest BCUT2D eigenvalue weighted by Crippen LogP contribution is -2.45. The van der Waals surface area contributed by atoms with Crippen LogP contribution in [-0.2, 0) is 14.3 Å². The Morgan fingerprint density at radius 1 is 0.338 bits per heavy atom. The summed E-state index contributed by atoms with van der Waals surface area (Å²) in [6.45, 7) is 4.94. The van der Waals surface area contributed by atoms with Crippen LogP contribution in [0.1, 0.15) is 412 Å².